The molecule has 0 aliphatic carbocycles. The molecule has 5 aromatic rings. The predicted molar refractivity (Wildman–Crippen MR) is 167 cm³/mol. The normalized spacial score (nSPS) is 12.9. The number of aromatic nitrogens is 1. The first kappa shape index (κ1) is 33.2. The van der Waals surface area contributed by atoms with E-state index in [1.807, 2.05) is 24.3 Å². The van der Waals surface area contributed by atoms with Crippen molar-refractivity contribution in [3.05, 3.63) is 66.2 Å². The number of aromatic hydroxyl groups is 1. The van der Waals surface area contributed by atoms with E-state index < -0.39 is 29.2 Å². The van der Waals surface area contributed by atoms with Crippen molar-refractivity contribution in [1.82, 2.24) is 4.98 Å². The summed E-state index contributed by atoms with van der Waals surface area (Å²) in [6.07, 6.45) is -6.85. The van der Waals surface area contributed by atoms with Gasteiger partial charge >= 0.3 is 12.4 Å². The molecular weight excluding hydrogens is 610 g/mol. The maximum Gasteiger partial charge on any atom is 0.407 e. The van der Waals surface area contributed by atoms with Crippen LogP contribution in [-0.4, -0.2) is 35.5 Å². The van der Waals surface area contributed by atoms with Crippen LogP contribution >= 0.6 is 0 Å². The molecule has 46 heavy (non-hydrogen) atoms. The molecule has 3 aromatic carbocycles. The zero-order chi connectivity index (χ0) is 33.4. The van der Waals surface area contributed by atoms with Crippen molar-refractivity contribution in [1.29, 1.82) is 0 Å². The Balaban J connectivity index is 1.49. The average molecular weight is 647 g/mol. The van der Waals surface area contributed by atoms with Gasteiger partial charge in [0.15, 0.2) is 22.3 Å². The maximum atomic E-state index is 14.1. The molecule has 2 aromatic heterocycles. The third-order valence-electron chi connectivity index (χ3n) is 8.57. The molecule has 0 radical (unpaired) electrons. The first-order valence-electron chi connectivity index (χ1n) is 15.4. The molecule has 0 atom stereocenters. The Hall–Kier alpha value is -4.15. The Bertz CT molecular complexity index is 1780. The van der Waals surface area contributed by atoms with Crippen molar-refractivity contribution in [2.24, 2.45) is 5.92 Å². The van der Waals surface area contributed by atoms with E-state index in [-0.39, 0.29) is 33.9 Å². The van der Waals surface area contributed by atoms with E-state index in [9.17, 15) is 31.4 Å². The van der Waals surface area contributed by atoms with Crippen molar-refractivity contribution in [3.63, 3.8) is 0 Å². The summed E-state index contributed by atoms with van der Waals surface area (Å²) in [5.74, 6) is -1.84. The predicted octanol–water partition coefficient (Wildman–Crippen LogP) is 11.0. The number of anilines is 1. The molecule has 0 aliphatic rings. The number of phenolic OH excluding ortho intramolecular Hbond substituents is 1. The molecule has 11 heteroatoms. The standard InChI is InChI=1S/C35H36F6N2O3/c1-5-7-17-43(18-8-6-2)25-13-9-22(10-14-25)29-19-23-11-15-26(30(44)31(23)45-29)32-42-27-20-24(12-16-28(27)46-32)33(21(3)4,34(36,37)38)35(39,40)41/h9-16,19-21,44H,5-8,17-18H2,1-4H3. The first-order chi connectivity index (χ1) is 21.7. The topological polar surface area (TPSA) is 62.6 Å². The van der Waals surface area contributed by atoms with Crippen LogP contribution in [0, 0.1) is 5.92 Å². The Labute approximate surface area is 262 Å². The van der Waals surface area contributed by atoms with Crippen molar-refractivity contribution >= 4 is 27.8 Å². The molecule has 0 bridgehead atoms. The van der Waals surface area contributed by atoms with Crippen molar-refractivity contribution in [2.75, 3.05) is 18.0 Å². The number of unbranched alkanes of at least 4 members (excludes halogenated alkanes) is 2. The van der Waals surface area contributed by atoms with Crippen molar-refractivity contribution in [3.8, 4) is 28.5 Å². The second-order valence-electron chi connectivity index (χ2n) is 11.9. The van der Waals surface area contributed by atoms with E-state index >= 15 is 0 Å². The Morgan fingerprint density at radius 1 is 0.804 bits per heavy atom. The highest BCUT2D eigenvalue weighted by Crippen LogP contribution is 2.56. The third kappa shape index (κ3) is 5.80. The fourth-order valence-electron chi connectivity index (χ4n) is 6.07. The van der Waals surface area contributed by atoms with E-state index in [0.717, 1.165) is 82.1 Å². The van der Waals surface area contributed by atoms with Gasteiger partial charge in [-0.3, -0.25) is 0 Å². The fraction of sp³-hybridized carbons (Fsp3) is 0.400. The van der Waals surface area contributed by atoms with E-state index in [1.54, 1.807) is 12.1 Å². The average Bonchev–Trinajstić information content (AvgIpc) is 3.61. The second kappa shape index (κ2) is 12.6. The molecule has 5 nitrogen and oxygen atoms in total. The molecule has 0 amide bonds. The highest BCUT2D eigenvalue weighted by atomic mass is 19.4. The lowest BCUT2D eigenvalue weighted by Crippen LogP contribution is -2.57. The number of halogens is 6. The lowest BCUT2D eigenvalue weighted by Gasteiger charge is -2.40. The number of nitrogens with zero attached hydrogens (tertiary/aromatic N) is 2. The van der Waals surface area contributed by atoms with Gasteiger partial charge in [-0.15, -0.1) is 0 Å². The molecule has 0 aliphatic heterocycles. The van der Waals surface area contributed by atoms with Gasteiger partial charge in [-0.1, -0.05) is 52.7 Å². The number of phenols is 1. The van der Waals surface area contributed by atoms with E-state index in [0.29, 0.717) is 11.1 Å². The van der Waals surface area contributed by atoms with Crippen LogP contribution in [0.5, 0.6) is 5.75 Å². The largest absolute Gasteiger partial charge is 0.504 e. The molecule has 0 saturated carbocycles. The lowest BCUT2D eigenvalue weighted by molar-refractivity contribution is -0.316. The summed E-state index contributed by atoms with van der Waals surface area (Å²) in [5, 5.41) is 11.7. The van der Waals surface area contributed by atoms with Gasteiger partial charge in [-0.25, -0.2) is 4.98 Å². The van der Waals surface area contributed by atoms with Gasteiger partial charge in [0.2, 0.25) is 5.89 Å². The van der Waals surface area contributed by atoms with Crippen molar-refractivity contribution < 1.29 is 40.3 Å². The summed E-state index contributed by atoms with van der Waals surface area (Å²) in [6, 6.07) is 15.5. The summed E-state index contributed by atoms with van der Waals surface area (Å²) in [5.41, 5.74) is -3.22. The van der Waals surface area contributed by atoms with Crippen LogP contribution in [0.4, 0.5) is 32.0 Å². The second-order valence-corrected chi connectivity index (χ2v) is 11.9. The number of hydrogen-bond acceptors (Lipinski definition) is 5. The fourth-order valence-corrected chi connectivity index (χ4v) is 6.07. The number of furan rings is 1. The molecular formula is C35H36F6N2O3. The van der Waals surface area contributed by atoms with Gasteiger partial charge < -0.3 is 18.8 Å². The lowest BCUT2D eigenvalue weighted by atomic mass is 9.70. The number of rotatable bonds is 11. The first-order valence-corrected chi connectivity index (χ1v) is 15.4. The number of oxazole rings is 1. The molecule has 246 valence electrons. The molecule has 5 rings (SSSR count). The number of hydrogen-bond donors (Lipinski definition) is 1. The van der Waals surface area contributed by atoms with Gasteiger partial charge in [0.05, 0.1) is 5.56 Å². The van der Waals surface area contributed by atoms with Crippen LogP contribution in [0.3, 0.4) is 0 Å². The van der Waals surface area contributed by atoms with E-state index in [4.69, 9.17) is 8.83 Å². The summed E-state index contributed by atoms with van der Waals surface area (Å²) >= 11 is 0. The Morgan fingerprint density at radius 3 is 2.00 bits per heavy atom. The summed E-state index contributed by atoms with van der Waals surface area (Å²) in [6.45, 7) is 8.03. The summed E-state index contributed by atoms with van der Waals surface area (Å²) in [4.78, 5) is 6.54. The molecule has 0 unspecified atom stereocenters. The Morgan fingerprint density at radius 2 is 1.43 bits per heavy atom. The molecule has 0 spiro atoms. The van der Waals surface area contributed by atoms with Gasteiger partial charge in [-0.2, -0.15) is 26.3 Å². The van der Waals surface area contributed by atoms with Crippen LogP contribution in [0.2, 0.25) is 0 Å². The number of fused-ring (bicyclic) bond motifs is 2. The Kier molecular flexibility index (Phi) is 9.07. The van der Waals surface area contributed by atoms with Crippen LogP contribution in [-0.2, 0) is 5.41 Å². The molecule has 2 heterocycles. The monoisotopic (exact) mass is 646 g/mol. The van der Waals surface area contributed by atoms with Gasteiger partial charge in [0, 0.05) is 29.7 Å². The van der Waals surface area contributed by atoms with E-state index in [2.05, 4.69) is 23.7 Å². The van der Waals surface area contributed by atoms with E-state index in [1.165, 1.54) is 6.07 Å². The third-order valence-corrected chi connectivity index (χ3v) is 8.57. The van der Waals surface area contributed by atoms with Crippen LogP contribution < -0.4 is 4.90 Å². The zero-order valence-electron chi connectivity index (χ0n) is 26.0. The van der Waals surface area contributed by atoms with Crippen molar-refractivity contribution in [2.45, 2.75) is 71.1 Å². The van der Waals surface area contributed by atoms with Gasteiger partial charge in [0.1, 0.15) is 11.3 Å². The minimum Gasteiger partial charge on any atom is -0.504 e. The highest BCUT2D eigenvalue weighted by Gasteiger charge is 2.72. The smallest absolute Gasteiger partial charge is 0.407 e. The summed E-state index contributed by atoms with van der Waals surface area (Å²) < 4.78 is 96.6. The number of benzene rings is 3. The van der Waals surface area contributed by atoms with Gasteiger partial charge in [-0.05, 0) is 72.9 Å². The zero-order valence-corrected chi connectivity index (χ0v) is 26.0. The minimum absolute atomic E-state index is 0.0348. The van der Waals surface area contributed by atoms with Crippen LogP contribution in [0.15, 0.2) is 69.5 Å². The molecule has 0 fully saturated rings. The van der Waals surface area contributed by atoms with Crippen LogP contribution in [0.25, 0.3) is 44.8 Å². The van der Waals surface area contributed by atoms with Crippen LogP contribution in [0.1, 0.15) is 58.9 Å². The highest BCUT2D eigenvalue weighted by molar-refractivity contribution is 5.93. The molecule has 1 N–H and O–H groups in total. The quantitative estimate of drug-likeness (QED) is 0.145. The summed E-state index contributed by atoms with van der Waals surface area (Å²) in [7, 11) is 0. The van der Waals surface area contributed by atoms with Gasteiger partial charge in [0.25, 0.3) is 0 Å². The SMILES string of the molecule is CCCCN(CCCC)c1ccc(-c2cc3ccc(-c4nc5cc(C(C(C)C)(C(F)(F)F)C(F)(F)F)ccc5o4)c(O)c3o2)cc1. The number of alkyl halides is 6. The molecule has 0 saturated heterocycles. The minimum atomic E-state index is -5.62. The maximum absolute atomic E-state index is 14.1.